The monoisotopic (exact) mass is 418 g/mol. The molecular weight excluding hydrogens is 396 g/mol. The van der Waals surface area contributed by atoms with Crippen LogP contribution in [-0.2, 0) is 21.2 Å². The van der Waals surface area contributed by atoms with Crippen LogP contribution in [0.2, 0.25) is 5.02 Å². The predicted molar refractivity (Wildman–Crippen MR) is 109 cm³/mol. The lowest BCUT2D eigenvalue weighted by molar-refractivity contribution is -0.126. The molecule has 0 saturated carbocycles. The smallest absolute Gasteiger partial charge is 0.243 e. The molecule has 28 heavy (non-hydrogen) atoms. The highest BCUT2D eigenvalue weighted by molar-refractivity contribution is 7.89. The molecule has 2 aliphatic rings. The number of piperidine rings is 1. The molecule has 1 heterocycles. The summed E-state index contributed by atoms with van der Waals surface area (Å²) >= 11 is 5.87. The van der Waals surface area contributed by atoms with Crippen molar-refractivity contribution >= 4 is 27.5 Å². The minimum absolute atomic E-state index is 0.0203. The molecule has 1 amide bonds. The van der Waals surface area contributed by atoms with Gasteiger partial charge < -0.3 is 5.32 Å². The van der Waals surface area contributed by atoms with E-state index >= 15 is 0 Å². The van der Waals surface area contributed by atoms with Gasteiger partial charge in [-0.25, -0.2) is 8.42 Å². The lowest BCUT2D eigenvalue weighted by atomic mass is 9.98. The number of sulfonamides is 1. The van der Waals surface area contributed by atoms with E-state index in [9.17, 15) is 13.2 Å². The van der Waals surface area contributed by atoms with Crippen LogP contribution in [0.25, 0.3) is 0 Å². The average molecular weight is 419 g/mol. The van der Waals surface area contributed by atoms with E-state index in [1.54, 1.807) is 12.1 Å². The van der Waals surface area contributed by atoms with Crippen LogP contribution in [0.4, 0.5) is 0 Å². The lowest BCUT2D eigenvalue weighted by Gasteiger charge is -2.32. The number of halogens is 1. The summed E-state index contributed by atoms with van der Waals surface area (Å²) in [6.45, 7) is 0.645. The fourth-order valence-electron chi connectivity index (χ4n) is 4.13. The first-order valence-electron chi connectivity index (χ1n) is 9.59. The Morgan fingerprint density at radius 2 is 1.82 bits per heavy atom. The molecule has 1 N–H and O–H groups in total. The van der Waals surface area contributed by atoms with Crippen molar-refractivity contribution in [3.63, 3.8) is 0 Å². The molecule has 1 saturated heterocycles. The van der Waals surface area contributed by atoms with Crippen LogP contribution in [0.5, 0.6) is 0 Å². The number of amides is 1. The Labute approximate surface area is 170 Å². The predicted octanol–water partition coefficient (Wildman–Crippen LogP) is 3.54. The van der Waals surface area contributed by atoms with E-state index in [1.165, 1.54) is 27.6 Å². The van der Waals surface area contributed by atoms with Gasteiger partial charge >= 0.3 is 0 Å². The third-order valence-corrected chi connectivity index (χ3v) is 7.79. The van der Waals surface area contributed by atoms with E-state index in [0.717, 1.165) is 12.8 Å². The first kappa shape index (κ1) is 19.4. The summed E-state index contributed by atoms with van der Waals surface area (Å²) in [6.07, 6.45) is 3.23. The molecule has 2 aromatic carbocycles. The Kier molecular flexibility index (Phi) is 5.45. The zero-order chi connectivity index (χ0) is 19.7. The number of fused-ring (bicyclic) bond motifs is 1. The van der Waals surface area contributed by atoms with E-state index < -0.39 is 10.0 Å². The van der Waals surface area contributed by atoms with Crippen molar-refractivity contribution in [1.82, 2.24) is 9.62 Å². The normalized spacial score (nSPS) is 22.6. The Morgan fingerprint density at radius 3 is 2.61 bits per heavy atom. The SMILES string of the molecule is O=C(N[C@H]1CCc2ccccc21)[C@@H]1CCCN(S(=O)(=O)c2ccc(Cl)cc2)C1. The van der Waals surface area contributed by atoms with E-state index in [1.807, 2.05) is 12.1 Å². The van der Waals surface area contributed by atoms with Crippen molar-refractivity contribution in [2.75, 3.05) is 13.1 Å². The highest BCUT2D eigenvalue weighted by atomic mass is 35.5. The number of hydrogen-bond acceptors (Lipinski definition) is 3. The third kappa shape index (κ3) is 3.81. The average Bonchev–Trinajstić information content (AvgIpc) is 3.11. The summed E-state index contributed by atoms with van der Waals surface area (Å²) in [7, 11) is -3.63. The zero-order valence-electron chi connectivity index (χ0n) is 15.5. The van der Waals surface area contributed by atoms with E-state index in [4.69, 9.17) is 11.6 Å². The molecule has 1 aliphatic heterocycles. The summed E-state index contributed by atoms with van der Waals surface area (Å²) in [5.74, 6) is -0.388. The lowest BCUT2D eigenvalue weighted by Crippen LogP contribution is -2.45. The summed E-state index contributed by atoms with van der Waals surface area (Å²) in [5, 5.41) is 3.64. The molecule has 0 unspecified atom stereocenters. The number of nitrogens with zero attached hydrogens (tertiary/aromatic N) is 1. The maximum Gasteiger partial charge on any atom is 0.243 e. The van der Waals surface area contributed by atoms with Gasteiger partial charge in [0.1, 0.15) is 0 Å². The molecule has 7 heteroatoms. The molecule has 0 radical (unpaired) electrons. The van der Waals surface area contributed by atoms with Crippen molar-refractivity contribution in [2.45, 2.75) is 36.6 Å². The third-order valence-electron chi connectivity index (χ3n) is 5.66. The number of hydrogen-bond donors (Lipinski definition) is 1. The summed E-state index contributed by atoms with van der Waals surface area (Å²) in [4.78, 5) is 13.1. The quantitative estimate of drug-likeness (QED) is 0.825. The van der Waals surface area contributed by atoms with Gasteiger partial charge in [0.25, 0.3) is 0 Å². The van der Waals surface area contributed by atoms with Crippen molar-refractivity contribution in [3.05, 3.63) is 64.7 Å². The molecule has 148 valence electrons. The Bertz CT molecular complexity index is 975. The van der Waals surface area contributed by atoms with Gasteiger partial charge in [0.2, 0.25) is 15.9 Å². The largest absolute Gasteiger partial charge is 0.349 e. The summed E-state index contributed by atoms with van der Waals surface area (Å²) in [6, 6.07) is 14.3. The maximum absolute atomic E-state index is 12.9. The van der Waals surface area contributed by atoms with Gasteiger partial charge in [-0.05, 0) is 61.1 Å². The molecule has 1 fully saturated rings. The van der Waals surface area contributed by atoms with Gasteiger partial charge in [-0.15, -0.1) is 0 Å². The molecule has 0 aromatic heterocycles. The van der Waals surface area contributed by atoms with Gasteiger partial charge in [0.15, 0.2) is 0 Å². The molecule has 2 aromatic rings. The Morgan fingerprint density at radius 1 is 1.07 bits per heavy atom. The van der Waals surface area contributed by atoms with Crippen molar-refractivity contribution < 1.29 is 13.2 Å². The van der Waals surface area contributed by atoms with Crippen LogP contribution >= 0.6 is 11.6 Å². The van der Waals surface area contributed by atoms with E-state index in [2.05, 4.69) is 17.4 Å². The highest BCUT2D eigenvalue weighted by Gasteiger charge is 2.34. The number of carbonyl (C=O) groups is 1. The second kappa shape index (κ2) is 7.85. The van der Waals surface area contributed by atoms with Crippen LogP contribution in [0.3, 0.4) is 0 Å². The van der Waals surface area contributed by atoms with Crippen LogP contribution in [0, 0.1) is 5.92 Å². The fourth-order valence-corrected chi connectivity index (χ4v) is 5.78. The minimum Gasteiger partial charge on any atom is -0.349 e. The highest BCUT2D eigenvalue weighted by Crippen LogP contribution is 2.32. The number of carbonyl (C=O) groups excluding carboxylic acids is 1. The van der Waals surface area contributed by atoms with Crippen molar-refractivity contribution in [2.24, 2.45) is 5.92 Å². The fraction of sp³-hybridized carbons (Fsp3) is 0.381. The van der Waals surface area contributed by atoms with Crippen molar-refractivity contribution in [3.8, 4) is 0 Å². The minimum atomic E-state index is -3.63. The standard InChI is InChI=1S/C21H23ClN2O3S/c22-17-8-10-18(11-9-17)28(26,27)24-13-3-5-16(14-24)21(25)23-20-12-7-15-4-1-2-6-19(15)20/h1-2,4,6,8-11,16,20H,3,5,7,12-14H2,(H,23,25)/t16-,20+/m1/s1. The summed E-state index contributed by atoms with van der Waals surface area (Å²) in [5.41, 5.74) is 2.46. The molecular formula is C21H23ClN2O3S. The molecule has 2 atom stereocenters. The zero-order valence-corrected chi connectivity index (χ0v) is 17.0. The number of rotatable bonds is 4. The molecule has 0 bridgehead atoms. The van der Waals surface area contributed by atoms with Gasteiger partial charge in [0, 0.05) is 18.1 Å². The maximum atomic E-state index is 12.9. The van der Waals surface area contributed by atoms with Crippen LogP contribution < -0.4 is 5.32 Å². The number of nitrogens with one attached hydrogen (secondary N) is 1. The van der Waals surface area contributed by atoms with Crippen LogP contribution in [0.15, 0.2) is 53.4 Å². The van der Waals surface area contributed by atoms with Gasteiger partial charge in [0.05, 0.1) is 16.9 Å². The Hall–Kier alpha value is -1.89. The van der Waals surface area contributed by atoms with E-state index in [0.29, 0.717) is 24.4 Å². The van der Waals surface area contributed by atoms with Gasteiger partial charge in [-0.2, -0.15) is 4.31 Å². The molecule has 0 spiro atoms. The van der Waals surface area contributed by atoms with Crippen molar-refractivity contribution in [1.29, 1.82) is 0 Å². The van der Waals surface area contributed by atoms with Crippen LogP contribution in [-0.4, -0.2) is 31.7 Å². The molecule has 4 rings (SSSR count). The number of aryl methyl sites for hydroxylation is 1. The first-order valence-corrected chi connectivity index (χ1v) is 11.4. The first-order chi connectivity index (χ1) is 13.4. The molecule has 5 nitrogen and oxygen atoms in total. The van der Waals surface area contributed by atoms with Gasteiger partial charge in [-0.1, -0.05) is 35.9 Å². The second-order valence-electron chi connectivity index (χ2n) is 7.45. The number of benzene rings is 2. The topological polar surface area (TPSA) is 66.5 Å². The Balaban J connectivity index is 1.45. The molecule has 1 aliphatic carbocycles. The summed E-state index contributed by atoms with van der Waals surface area (Å²) < 4.78 is 27.3. The van der Waals surface area contributed by atoms with Crippen LogP contribution in [0.1, 0.15) is 36.4 Å². The second-order valence-corrected chi connectivity index (χ2v) is 9.83. The van der Waals surface area contributed by atoms with E-state index in [-0.39, 0.29) is 29.3 Å². The van der Waals surface area contributed by atoms with Gasteiger partial charge in [-0.3, -0.25) is 4.79 Å².